The molecular weight excluding hydrogens is 438 g/mol. The SMILES string of the molecule is Cc1c(C(C)[C@@H](C)/N=C/[S+]([O-])C(C)(C)C)sc2c(NCc3ccco3)cc(Cl)nc12. The van der Waals surface area contributed by atoms with E-state index in [4.69, 9.17) is 16.0 Å². The van der Waals surface area contributed by atoms with E-state index in [0.717, 1.165) is 27.2 Å². The number of fused-ring (bicyclic) bond motifs is 1. The number of anilines is 1. The first-order chi connectivity index (χ1) is 14.1. The molecule has 0 aliphatic rings. The first-order valence-corrected chi connectivity index (χ1v) is 12.3. The summed E-state index contributed by atoms with van der Waals surface area (Å²) in [5.41, 5.74) is 4.56. The van der Waals surface area contributed by atoms with E-state index in [9.17, 15) is 4.55 Å². The van der Waals surface area contributed by atoms with Gasteiger partial charge in [-0.2, -0.15) is 0 Å². The van der Waals surface area contributed by atoms with Crippen molar-refractivity contribution in [1.29, 1.82) is 0 Å². The van der Waals surface area contributed by atoms with Gasteiger partial charge in [-0.25, -0.2) is 9.98 Å². The zero-order valence-electron chi connectivity index (χ0n) is 18.2. The maximum atomic E-state index is 12.3. The summed E-state index contributed by atoms with van der Waals surface area (Å²) in [6.07, 6.45) is 1.66. The molecular formula is C22H28ClN3O2S2. The molecule has 3 aromatic rings. The minimum atomic E-state index is -1.11. The van der Waals surface area contributed by atoms with Crippen molar-refractivity contribution in [3.63, 3.8) is 0 Å². The third-order valence-corrected chi connectivity index (χ3v) is 8.27. The molecule has 0 radical (unpaired) electrons. The van der Waals surface area contributed by atoms with Crippen molar-refractivity contribution < 1.29 is 8.97 Å². The van der Waals surface area contributed by atoms with Gasteiger partial charge in [0.2, 0.25) is 5.55 Å². The van der Waals surface area contributed by atoms with Gasteiger partial charge in [0.15, 0.2) is 0 Å². The standard InChI is InChI=1S/C22H28ClN3O2S2/c1-13(15(3)25-12-30(27)22(4,5)6)20-14(2)19-21(29-20)17(10-18(23)26-19)24-11-16-8-7-9-28-16/h7-10,12-13,15H,11H2,1-6H3,(H,24,26)/b25-12+/t13?,15-,30?/m1/s1. The molecule has 30 heavy (non-hydrogen) atoms. The molecule has 0 fully saturated rings. The number of rotatable bonds is 7. The van der Waals surface area contributed by atoms with E-state index in [-0.39, 0.29) is 16.7 Å². The molecule has 0 aliphatic carbocycles. The first-order valence-electron chi connectivity index (χ1n) is 9.87. The van der Waals surface area contributed by atoms with Gasteiger partial charge in [-0.05, 0) is 52.3 Å². The van der Waals surface area contributed by atoms with Crippen LogP contribution in [-0.2, 0) is 17.7 Å². The second-order valence-electron chi connectivity index (χ2n) is 8.39. The molecule has 0 aromatic carbocycles. The number of pyridine rings is 1. The van der Waals surface area contributed by atoms with Crippen LogP contribution in [0.1, 0.15) is 56.7 Å². The van der Waals surface area contributed by atoms with Crippen LogP contribution >= 0.6 is 22.9 Å². The van der Waals surface area contributed by atoms with E-state index in [2.05, 4.69) is 36.1 Å². The van der Waals surface area contributed by atoms with Crippen molar-refractivity contribution in [3.05, 3.63) is 45.8 Å². The van der Waals surface area contributed by atoms with E-state index in [1.165, 1.54) is 4.88 Å². The van der Waals surface area contributed by atoms with E-state index in [0.29, 0.717) is 11.7 Å². The van der Waals surface area contributed by atoms with Gasteiger partial charge < -0.3 is 14.3 Å². The van der Waals surface area contributed by atoms with Crippen LogP contribution in [0.2, 0.25) is 5.15 Å². The highest BCUT2D eigenvalue weighted by Crippen LogP contribution is 2.41. The lowest BCUT2D eigenvalue weighted by atomic mass is 9.99. The van der Waals surface area contributed by atoms with Gasteiger partial charge in [0.05, 0.1) is 34.8 Å². The molecule has 0 saturated heterocycles. The Kier molecular flexibility index (Phi) is 7.17. The van der Waals surface area contributed by atoms with Crippen LogP contribution in [0.25, 0.3) is 10.2 Å². The number of thiophene rings is 1. The Morgan fingerprint density at radius 2 is 2.13 bits per heavy atom. The summed E-state index contributed by atoms with van der Waals surface area (Å²) in [6, 6.07) is 5.65. The Hall–Kier alpha value is -1.54. The minimum Gasteiger partial charge on any atom is -0.610 e. The van der Waals surface area contributed by atoms with Gasteiger partial charge in [-0.1, -0.05) is 18.5 Å². The van der Waals surface area contributed by atoms with Crippen molar-refractivity contribution >= 4 is 55.6 Å². The molecule has 1 N–H and O–H groups in total. The summed E-state index contributed by atoms with van der Waals surface area (Å²) in [5.74, 6) is 1.02. The average molecular weight is 466 g/mol. The Morgan fingerprint density at radius 1 is 1.40 bits per heavy atom. The van der Waals surface area contributed by atoms with E-state index in [1.54, 1.807) is 23.1 Å². The lowest BCUT2D eigenvalue weighted by Crippen LogP contribution is -2.29. The second-order valence-corrected chi connectivity index (χ2v) is 11.9. The van der Waals surface area contributed by atoms with Crippen LogP contribution in [-0.4, -0.2) is 25.9 Å². The van der Waals surface area contributed by atoms with Gasteiger partial charge in [0, 0.05) is 28.0 Å². The maximum absolute atomic E-state index is 12.3. The summed E-state index contributed by atoms with van der Waals surface area (Å²) >= 11 is 6.90. The van der Waals surface area contributed by atoms with Gasteiger partial charge in [-0.15, -0.1) is 11.3 Å². The molecule has 162 valence electrons. The quantitative estimate of drug-likeness (QED) is 0.186. The third-order valence-electron chi connectivity index (χ3n) is 5.04. The number of hydrogen-bond acceptors (Lipinski definition) is 6. The monoisotopic (exact) mass is 465 g/mol. The molecule has 3 heterocycles. The maximum Gasteiger partial charge on any atom is 0.203 e. The number of hydrogen-bond donors (Lipinski definition) is 1. The van der Waals surface area contributed by atoms with Crippen LogP contribution < -0.4 is 5.32 Å². The molecule has 0 amide bonds. The van der Waals surface area contributed by atoms with Crippen LogP contribution in [0, 0.1) is 6.92 Å². The van der Waals surface area contributed by atoms with Crippen molar-refractivity contribution in [2.75, 3.05) is 5.32 Å². The summed E-state index contributed by atoms with van der Waals surface area (Å²) < 4.78 is 18.5. The van der Waals surface area contributed by atoms with Crippen LogP contribution in [0.15, 0.2) is 33.9 Å². The number of aryl methyl sites for hydroxylation is 1. The number of nitrogens with zero attached hydrogens (tertiary/aromatic N) is 2. The molecule has 2 unspecified atom stereocenters. The van der Waals surface area contributed by atoms with Crippen molar-refractivity contribution in [2.24, 2.45) is 4.99 Å². The number of halogens is 1. The van der Waals surface area contributed by atoms with E-state index < -0.39 is 11.2 Å². The normalized spacial score (nSPS) is 15.6. The van der Waals surface area contributed by atoms with Crippen molar-refractivity contribution in [2.45, 2.75) is 64.8 Å². The topological polar surface area (TPSA) is 73.5 Å². The molecule has 0 spiro atoms. The smallest absolute Gasteiger partial charge is 0.203 e. The Bertz CT molecular complexity index is 1030. The molecule has 3 rings (SSSR count). The molecule has 5 nitrogen and oxygen atoms in total. The second kappa shape index (κ2) is 9.30. The van der Waals surface area contributed by atoms with Gasteiger partial charge in [0.25, 0.3) is 0 Å². The van der Waals surface area contributed by atoms with Gasteiger partial charge >= 0.3 is 0 Å². The van der Waals surface area contributed by atoms with Gasteiger partial charge in [0.1, 0.15) is 15.7 Å². The van der Waals surface area contributed by atoms with Crippen LogP contribution in [0.4, 0.5) is 5.69 Å². The van der Waals surface area contributed by atoms with Gasteiger partial charge in [-0.3, -0.25) is 0 Å². The number of aliphatic imine (C=N–C) groups is 1. The predicted octanol–water partition coefficient (Wildman–Crippen LogP) is 6.53. The van der Waals surface area contributed by atoms with Crippen molar-refractivity contribution in [3.8, 4) is 0 Å². The Labute approximate surface area is 190 Å². The molecule has 0 bridgehead atoms. The Morgan fingerprint density at radius 3 is 2.77 bits per heavy atom. The zero-order valence-corrected chi connectivity index (χ0v) is 20.5. The molecule has 8 heteroatoms. The lowest BCUT2D eigenvalue weighted by molar-refractivity contribution is 0.518. The highest BCUT2D eigenvalue weighted by Gasteiger charge is 2.26. The van der Waals surface area contributed by atoms with E-state index >= 15 is 0 Å². The number of nitrogens with one attached hydrogen (secondary N) is 1. The first kappa shape index (κ1) is 23.1. The fourth-order valence-corrected chi connectivity index (χ4v) is 5.18. The number of aromatic nitrogens is 1. The molecule has 0 saturated carbocycles. The average Bonchev–Trinajstić information content (AvgIpc) is 3.31. The highest BCUT2D eigenvalue weighted by molar-refractivity contribution is 8.05. The Balaban J connectivity index is 1.88. The molecule has 3 atom stereocenters. The third kappa shape index (κ3) is 5.19. The largest absolute Gasteiger partial charge is 0.610 e. The fourth-order valence-electron chi connectivity index (χ4n) is 2.98. The minimum absolute atomic E-state index is 0.00179. The van der Waals surface area contributed by atoms with E-state index in [1.807, 2.05) is 39.0 Å². The van der Waals surface area contributed by atoms with Crippen molar-refractivity contribution in [1.82, 2.24) is 4.98 Å². The summed E-state index contributed by atoms with van der Waals surface area (Å²) in [4.78, 5) is 10.4. The lowest BCUT2D eigenvalue weighted by Gasteiger charge is -2.21. The van der Waals surface area contributed by atoms with Crippen LogP contribution in [0.3, 0.4) is 0 Å². The number of furan rings is 1. The highest BCUT2D eigenvalue weighted by atomic mass is 35.5. The van der Waals surface area contributed by atoms with Crippen LogP contribution in [0.5, 0.6) is 0 Å². The molecule has 0 aliphatic heterocycles. The summed E-state index contributed by atoms with van der Waals surface area (Å²) in [7, 11) is 0. The zero-order chi connectivity index (χ0) is 22.1. The fraction of sp³-hybridized carbons (Fsp3) is 0.455. The predicted molar refractivity (Wildman–Crippen MR) is 130 cm³/mol. The summed E-state index contributed by atoms with van der Waals surface area (Å²) in [6.45, 7) is 12.7. The molecule has 3 aromatic heterocycles. The summed E-state index contributed by atoms with van der Waals surface area (Å²) in [5, 5.41) is 3.87.